The van der Waals surface area contributed by atoms with Crippen LogP contribution in [0.2, 0.25) is 0 Å². The Bertz CT molecular complexity index is 832. The van der Waals surface area contributed by atoms with Crippen molar-refractivity contribution in [3.8, 4) is 0 Å². The van der Waals surface area contributed by atoms with Gasteiger partial charge in [0.25, 0.3) is 5.91 Å². The van der Waals surface area contributed by atoms with E-state index in [1.807, 2.05) is 0 Å². The highest BCUT2D eigenvalue weighted by Crippen LogP contribution is 2.50. The minimum atomic E-state index is -0.632. The average molecular weight is 313 g/mol. The quantitative estimate of drug-likeness (QED) is 0.835. The van der Waals surface area contributed by atoms with Crippen molar-refractivity contribution >= 4 is 17.4 Å². The molecule has 0 bridgehead atoms. The van der Waals surface area contributed by atoms with Gasteiger partial charge < -0.3 is 11.1 Å². The first-order valence-electron chi connectivity index (χ1n) is 7.24. The summed E-state index contributed by atoms with van der Waals surface area (Å²) < 4.78 is 27.0. The van der Waals surface area contributed by atoms with Gasteiger partial charge in [-0.1, -0.05) is 6.07 Å². The number of nitrogens with zero attached hydrogens (tertiary/aromatic N) is 1. The highest BCUT2D eigenvalue weighted by atomic mass is 19.1. The van der Waals surface area contributed by atoms with E-state index in [9.17, 15) is 13.6 Å². The van der Waals surface area contributed by atoms with Gasteiger partial charge in [0, 0.05) is 29.3 Å². The van der Waals surface area contributed by atoms with Gasteiger partial charge in [0.2, 0.25) is 0 Å². The van der Waals surface area contributed by atoms with E-state index < -0.39 is 17.6 Å². The Morgan fingerprint density at radius 1 is 1.04 bits per heavy atom. The molecule has 1 heterocycles. The Balaban J connectivity index is 1.61. The minimum Gasteiger partial charge on any atom is -0.399 e. The van der Waals surface area contributed by atoms with E-state index in [0.717, 1.165) is 11.6 Å². The van der Waals surface area contributed by atoms with Gasteiger partial charge in [0.15, 0.2) is 0 Å². The molecule has 1 aliphatic carbocycles. The van der Waals surface area contributed by atoms with E-state index >= 15 is 0 Å². The Morgan fingerprint density at radius 2 is 1.78 bits per heavy atom. The molecule has 0 radical (unpaired) electrons. The fourth-order valence-electron chi connectivity index (χ4n) is 3.12. The second-order valence-electron chi connectivity index (χ2n) is 5.81. The summed E-state index contributed by atoms with van der Waals surface area (Å²) in [4.78, 5) is 16.3. The van der Waals surface area contributed by atoms with E-state index in [-0.39, 0.29) is 17.9 Å². The van der Waals surface area contributed by atoms with Gasteiger partial charge in [0.05, 0.1) is 5.92 Å². The van der Waals surface area contributed by atoms with Gasteiger partial charge in [-0.2, -0.15) is 4.99 Å². The summed E-state index contributed by atoms with van der Waals surface area (Å²) in [5, 5.41) is 3.17. The number of carbonyl (C=O) groups is 1. The zero-order valence-corrected chi connectivity index (χ0v) is 12.0. The summed E-state index contributed by atoms with van der Waals surface area (Å²) in [6.07, 6.45) is 0. The number of fused-ring (bicyclic) bond motifs is 1. The number of anilines is 1. The lowest BCUT2D eigenvalue weighted by Crippen LogP contribution is -2.34. The number of halogens is 2. The van der Waals surface area contributed by atoms with Crippen LogP contribution in [0.3, 0.4) is 0 Å². The monoisotopic (exact) mass is 313 g/mol. The molecule has 0 saturated heterocycles. The van der Waals surface area contributed by atoms with Crippen LogP contribution in [-0.4, -0.2) is 17.8 Å². The first-order valence-corrected chi connectivity index (χ1v) is 7.24. The van der Waals surface area contributed by atoms with E-state index in [4.69, 9.17) is 5.73 Å². The molecule has 116 valence electrons. The van der Waals surface area contributed by atoms with Crippen LogP contribution >= 0.6 is 0 Å². The van der Waals surface area contributed by atoms with Crippen molar-refractivity contribution in [2.24, 2.45) is 10.9 Å². The molecule has 1 saturated carbocycles. The van der Waals surface area contributed by atoms with Crippen molar-refractivity contribution in [3.05, 3.63) is 65.2 Å². The Kier molecular flexibility index (Phi) is 2.94. The summed E-state index contributed by atoms with van der Waals surface area (Å²) in [6, 6.07) is 10.2. The maximum Gasteiger partial charge on any atom is 0.253 e. The molecule has 4 rings (SSSR count). The summed E-state index contributed by atoms with van der Waals surface area (Å²) in [6.45, 7) is 0. The lowest BCUT2D eigenvalue weighted by molar-refractivity contribution is -0.119. The van der Waals surface area contributed by atoms with Gasteiger partial charge in [0.1, 0.15) is 17.5 Å². The molecular formula is C17H13F2N3O. The normalized spacial score (nSPS) is 25.4. The highest BCUT2D eigenvalue weighted by molar-refractivity contribution is 6.09. The van der Waals surface area contributed by atoms with Crippen molar-refractivity contribution < 1.29 is 13.6 Å². The van der Waals surface area contributed by atoms with Gasteiger partial charge >= 0.3 is 0 Å². The number of amidine groups is 1. The van der Waals surface area contributed by atoms with Crippen LogP contribution < -0.4 is 11.1 Å². The molecule has 4 nitrogen and oxygen atoms in total. The molecule has 3 N–H and O–H groups in total. The molecule has 3 atom stereocenters. The van der Waals surface area contributed by atoms with E-state index in [0.29, 0.717) is 17.1 Å². The zero-order valence-electron chi connectivity index (χ0n) is 12.0. The van der Waals surface area contributed by atoms with Crippen LogP contribution in [0, 0.1) is 17.6 Å². The first-order chi connectivity index (χ1) is 11.0. The summed E-state index contributed by atoms with van der Waals surface area (Å²) >= 11 is 0. The molecule has 0 aromatic heterocycles. The van der Waals surface area contributed by atoms with Crippen LogP contribution in [0.1, 0.15) is 17.0 Å². The fraction of sp³-hybridized carbons (Fsp3) is 0.176. The smallest absolute Gasteiger partial charge is 0.253 e. The standard InChI is InChI=1S/C17H13F2N3O/c18-9-3-6-11(12(19)7-9)13-14-15(13)21-16(22-17(14)23)8-1-4-10(20)5-2-8/h1-7,13-15H,20H2,(H,21,22,23). The zero-order chi connectivity index (χ0) is 16.1. The third-order valence-corrected chi connectivity index (χ3v) is 4.34. The van der Waals surface area contributed by atoms with E-state index in [1.165, 1.54) is 12.1 Å². The van der Waals surface area contributed by atoms with E-state index in [1.54, 1.807) is 24.3 Å². The number of aliphatic imine (C=N–C) groups is 1. The number of amides is 1. The van der Waals surface area contributed by atoms with Crippen molar-refractivity contribution in [2.75, 3.05) is 5.73 Å². The Morgan fingerprint density at radius 3 is 2.48 bits per heavy atom. The number of nitrogen functional groups attached to an aromatic ring is 1. The number of benzene rings is 2. The second-order valence-corrected chi connectivity index (χ2v) is 5.81. The van der Waals surface area contributed by atoms with Crippen LogP contribution in [0.5, 0.6) is 0 Å². The van der Waals surface area contributed by atoms with Crippen molar-refractivity contribution in [1.82, 2.24) is 5.32 Å². The van der Waals surface area contributed by atoms with Gasteiger partial charge in [-0.05, 0) is 35.9 Å². The molecule has 0 spiro atoms. The molecule has 1 fully saturated rings. The SMILES string of the molecule is Nc1ccc(C2=NC(=O)C3C(N2)C3c2ccc(F)cc2F)cc1. The number of nitrogens with two attached hydrogens (primary N) is 1. The molecule has 2 aliphatic rings. The maximum atomic E-state index is 13.9. The molecule has 1 aliphatic heterocycles. The number of hydrogen-bond donors (Lipinski definition) is 2. The second kappa shape index (κ2) is 4.87. The Hall–Kier alpha value is -2.76. The highest BCUT2D eigenvalue weighted by Gasteiger charge is 2.58. The molecule has 1 amide bonds. The summed E-state index contributed by atoms with van der Waals surface area (Å²) in [7, 11) is 0. The summed E-state index contributed by atoms with van der Waals surface area (Å²) in [5.74, 6) is -1.80. The van der Waals surface area contributed by atoms with Crippen LogP contribution in [0.4, 0.5) is 14.5 Å². The van der Waals surface area contributed by atoms with Crippen molar-refractivity contribution in [3.63, 3.8) is 0 Å². The van der Waals surface area contributed by atoms with Crippen molar-refractivity contribution in [2.45, 2.75) is 12.0 Å². The number of hydrogen-bond acceptors (Lipinski definition) is 3. The van der Waals surface area contributed by atoms with E-state index in [2.05, 4.69) is 10.3 Å². The predicted molar refractivity (Wildman–Crippen MR) is 81.9 cm³/mol. The van der Waals surface area contributed by atoms with Gasteiger partial charge in [-0.3, -0.25) is 4.79 Å². The molecule has 23 heavy (non-hydrogen) atoms. The van der Waals surface area contributed by atoms with Crippen LogP contribution in [-0.2, 0) is 4.79 Å². The third kappa shape index (κ3) is 2.27. The molecular weight excluding hydrogens is 300 g/mol. The fourth-order valence-corrected chi connectivity index (χ4v) is 3.12. The first kappa shape index (κ1) is 13.9. The lowest BCUT2D eigenvalue weighted by atomic mass is 10.1. The van der Waals surface area contributed by atoms with Crippen LogP contribution in [0.25, 0.3) is 0 Å². The predicted octanol–water partition coefficient (Wildman–Crippen LogP) is 2.21. The topological polar surface area (TPSA) is 67.5 Å². The lowest BCUT2D eigenvalue weighted by Gasteiger charge is -2.13. The largest absolute Gasteiger partial charge is 0.399 e. The van der Waals surface area contributed by atoms with Crippen LogP contribution in [0.15, 0.2) is 47.5 Å². The molecule has 2 aromatic rings. The van der Waals surface area contributed by atoms with Crippen molar-refractivity contribution in [1.29, 1.82) is 0 Å². The summed E-state index contributed by atoms with van der Waals surface area (Å²) in [5.41, 5.74) is 7.35. The number of nitrogens with one attached hydrogen (secondary N) is 1. The molecule has 6 heteroatoms. The number of rotatable bonds is 2. The van der Waals surface area contributed by atoms with Gasteiger partial charge in [-0.25, -0.2) is 8.78 Å². The van der Waals surface area contributed by atoms with Gasteiger partial charge in [-0.15, -0.1) is 0 Å². The molecule has 2 aromatic carbocycles. The third-order valence-electron chi connectivity index (χ3n) is 4.34. The maximum absolute atomic E-state index is 13.9. The molecule has 3 unspecified atom stereocenters. The average Bonchev–Trinajstić information content (AvgIpc) is 3.22. The Labute approximate surface area is 131 Å². The minimum absolute atomic E-state index is 0.215. The number of carbonyl (C=O) groups excluding carboxylic acids is 1.